The van der Waals surface area contributed by atoms with Gasteiger partial charge in [-0.25, -0.2) is 0 Å². The van der Waals surface area contributed by atoms with Gasteiger partial charge in [-0.05, 0) is 58.9 Å². The van der Waals surface area contributed by atoms with E-state index in [1.807, 2.05) is 0 Å². The van der Waals surface area contributed by atoms with Gasteiger partial charge < -0.3 is 15.5 Å². The number of nitrogens with two attached hydrogens (primary N) is 1. The Kier molecular flexibility index (Phi) is 5.67. The summed E-state index contributed by atoms with van der Waals surface area (Å²) in [5.41, 5.74) is 5.91. The molecule has 2 rings (SSSR count). The van der Waals surface area contributed by atoms with Crippen LogP contribution in [-0.2, 0) is 4.79 Å². The number of hydrogen-bond acceptors (Lipinski definition) is 3. The molecule has 0 aromatic rings. The number of likely N-dealkylation sites (tertiary alicyclic amines) is 1. The molecule has 1 amide bonds. The third-order valence-corrected chi connectivity index (χ3v) is 5.65. The molecule has 4 atom stereocenters. The summed E-state index contributed by atoms with van der Waals surface area (Å²) in [5, 5.41) is 0. The largest absolute Gasteiger partial charge is 0.338 e. The van der Waals surface area contributed by atoms with E-state index in [4.69, 9.17) is 5.73 Å². The van der Waals surface area contributed by atoms with Crippen LogP contribution < -0.4 is 5.73 Å². The molecule has 1 heterocycles. The molecule has 4 nitrogen and oxygen atoms in total. The van der Waals surface area contributed by atoms with Gasteiger partial charge in [-0.3, -0.25) is 4.79 Å². The van der Waals surface area contributed by atoms with E-state index < -0.39 is 0 Å². The van der Waals surface area contributed by atoms with E-state index in [9.17, 15) is 4.79 Å². The fourth-order valence-corrected chi connectivity index (χ4v) is 4.16. The summed E-state index contributed by atoms with van der Waals surface area (Å²) in [6, 6.07) is 1.45. The number of nitrogens with zero attached hydrogens (tertiary/aromatic N) is 2. The van der Waals surface area contributed by atoms with Gasteiger partial charge in [0.2, 0.25) is 5.91 Å². The summed E-state index contributed by atoms with van der Waals surface area (Å²) in [6.07, 6.45) is 6.85. The summed E-state index contributed by atoms with van der Waals surface area (Å²) in [6.45, 7) is 7.66. The maximum atomic E-state index is 12.3. The molecule has 1 aliphatic heterocycles. The van der Waals surface area contributed by atoms with E-state index in [1.54, 1.807) is 0 Å². The predicted octanol–water partition coefficient (Wildman–Crippen LogP) is 2.22. The second kappa shape index (κ2) is 7.10. The van der Waals surface area contributed by atoms with Crippen LogP contribution in [0.1, 0.15) is 59.3 Å². The molecular weight excluding hydrogens is 262 g/mol. The maximum absolute atomic E-state index is 12.3. The minimum absolute atomic E-state index is 0.191. The van der Waals surface area contributed by atoms with Crippen LogP contribution in [0.25, 0.3) is 0 Å². The van der Waals surface area contributed by atoms with Gasteiger partial charge in [0.15, 0.2) is 0 Å². The molecule has 2 aliphatic rings. The first-order valence-electron chi connectivity index (χ1n) is 8.73. The molecule has 2 fully saturated rings. The Balaban J connectivity index is 2.05. The zero-order valence-corrected chi connectivity index (χ0v) is 14.2. The van der Waals surface area contributed by atoms with Crippen LogP contribution in [0.15, 0.2) is 0 Å². The normalized spacial score (nSPS) is 34.2. The average Bonchev–Trinajstić information content (AvgIpc) is 2.78. The Morgan fingerprint density at radius 1 is 1.33 bits per heavy atom. The molecule has 21 heavy (non-hydrogen) atoms. The van der Waals surface area contributed by atoms with Gasteiger partial charge in [0, 0.05) is 24.7 Å². The van der Waals surface area contributed by atoms with Crippen LogP contribution in [0.4, 0.5) is 0 Å². The molecule has 0 bridgehead atoms. The van der Waals surface area contributed by atoms with E-state index >= 15 is 0 Å². The van der Waals surface area contributed by atoms with Crippen molar-refractivity contribution in [3.05, 3.63) is 0 Å². The van der Waals surface area contributed by atoms with E-state index in [2.05, 4.69) is 37.6 Å². The number of carbonyl (C=O) groups excluding carboxylic acids is 1. The summed E-state index contributed by atoms with van der Waals surface area (Å²) in [7, 11) is 2.25. The fourth-order valence-electron chi connectivity index (χ4n) is 4.16. The lowest BCUT2D eigenvalue weighted by atomic mass is 9.77. The van der Waals surface area contributed by atoms with Crippen LogP contribution in [-0.4, -0.2) is 53.5 Å². The van der Waals surface area contributed by atoms with Crippen LogP contribution in [0.5, 0.6) is 0 Å². The lowest BCUT2D eigenvalue weighted by Crippen LogP contribution is -2.51. The number of amides is 1. The third-order valence-electron chi connectivity index (χ3n) is 5.65. The van der Waals surface area contributed by atoms with E-state index in [0.29, 0.717) is 24.0 Å². The van der Waals surface area contributed by atoms with Gasteiger partial charge in [0.1, 0.15) is 0 Å². The average molecular weight is 295 g/mol. The number of rotatable bonds is 5. The molecule has 0 spiro atoms. The second-order valence-corrected chi connectivity index (χ2v) is 7.27. The monoisotopic (exact) mass is 295 g/mol. The van der Waals surface area contributed by atoms with Crippen LogP contribution in [0.2, 0.25) is 0 Å². The summed E-state index contributed by atoms with van der Waals surface area (Å²) >= 11 is 0. The standard InChI is InChI=1S/C17H33N3O/c1-5-6-13-11-14(19(4)12(2)3)7-8-16(13)20-10-9-15(18)17(20)21/h12-16H,5-11,18H2,1-4H3/t13-,14-,15+,16+/m1/s1. The Morgan fingerprint density at radius 2 is 2.05 bits per heavy atom. The second-order valence-electron chi connectivity index (χ2n) is 7.27. The highest BCUT2D eigenvalue weighted by molar-refractivity contribution is 5.84. The molecule has 4 heteroatoms. The van der Waals surface area contributed by atoms with E-state index in [1.165, 1.54) is 25.7 Å². The minimum atomic E-state index is -0.247. The number of hydrogen-bond donors (Lipinski definition) is 1. The van der Waals surface area contributed by atoms with Crippen molar-refractivity contribution in [2.75, 3.05) is 13.6 Å². The van der Waals surface area contributed by atoms with Crippen molar-refractivity contribution in [1.82, 2.24) is 9.80 Å². The van der Waals surface area contributed by atoms with Gasteiger partial charge in [0.05, 0.1) is 6.04 Å². The van der Waals surface area contributed by atoms with Crippen molar-refractivity contribution >= 4 is 5.91 Å². The molecule has 122 valence electrons. The smallest absolute Gasteiger partial charge is 0.239 e. The molecule has 1 saturated carbocycles. The molecule has 0 aromatic heterocycles. The fraction of sp³-hybridized carbons (Fsp3) is 0.941. The van der Waals surface area contributed by atoms with Gasteiger partial charge >= 0.3 is 0 Å². The predicted molar refractivity (Wildman–Crippen MR) is 87.0 cm³/mol. The van der Waals surface area contributed by atoms with Crippen molar-refractivity contribution in [3.8, 4) is 0 Å². The lowest BCUT2D eigenvalue weighted by Gasteiger charge is -2.44. The molecule has 0 unspecified atom stereocenters. The Labute approximate surface area is 130 Å². The summed E-state index contributed by atoms with van der Waals surface area (Å²) in [5.74, 6) is 0.834. The highest BCUT2D eigenvalue weighted by atomic mass is 16.2. The lowest BCUT2D eigenvalue weighted by molar-refractivity contribution is -0.133. The van der Waals surface area contributed by atoms with Crippen molar-refractivity contribution in [1.29, 1.82) is 0 Å². The molecule has 1 saturated heterocycles. The highest BCUT2D eigenvalue weighted by Gasteiger charge is 2.40. The molecule has 0 radical (unpaired) electrons. The zero-order valence-electron chi connectivity index (χ0n) is 14.2. The first kappa shape index (κ1) is 16.8. The van der Waals surface area contributed by atoms with Crippen molar-refractivity contribution in [2.24, 2.45) is 11.7 Å². The van der Waals surface area contributed by atoms with E-state index in [0.717, 1.165) is 19.4 Å². The van der Waals surface area contributed by atoms with Gasteiger partial charge in [-0.15, -0.1) is 0 Å². The summed E-state index contributed by atoms with van der Waals surface area (Å²) < 4.78 is 0. The topological polar surface area (TPSA) is 49.6 Å². The SMILES string of the molecule is CCC[C@@H]1C[C@H](N(C)C(C)C)CC[C@@H]1N1CC[C@H](N)C1=O. The molecule has 0 aromatic carbocycles. The molecule has 2 N–H and O–H groups in total. The first-order valence-corrected chi connectivity index (χ1v) is 8.73. The van der Waals surface area contributed by atoms with Crippen molar-refractivity contribution in [3.63, 3.8) is 0 Å². The van der Waals surface area contributed by atoms with Crippen molar-refractivity contribution in [2.45, 2.75) is 83.5 Å². The quantitative estimate of drug-likeness (QED) is 0.846. The maximum Gasteiger partial charge on any atom is 0.239 e. The van der Waals surface area contributed by atoms with Gasteiger partial charge in [0.25, 0.3) is 0 Å². The Hall–Kier alpha value is -0.610. The minimum Gasteiger partial charge on any atom is -0.338 e. The Morgan fingerprint density at radius 3 is 2.57 bits per heavy atom. The highest BCUT2D eigenvalue weighted by Crippen LogP contribution is 2.36. The van der Waals surface area contributed by atoms with Crippen LogP contribution in [0.3, 0.4) is 0 Å². The Bertz CT molecular complexity index is 358. The first-order chi connectivity index (χ1) is 9.95. The van der Waals surface area contributed by atoms with Crippen LogP contribution in [0, 0.1) is 5.92 Å². The van der Waals surface area contributed by atoms with Crippen molar-refractivity contribution < 1.29 is 4.79 Å². The summed E-state index contributed by atoms with van der Waals surface area (Å²) in [4.78, 5) is 16.9. The van der Waals surface area contributed by atoms with Gasteiger partial charge in [-0.1, -0.05) is 13.3 Å². The van der Waals surface area contributed by atoms with Gasteiger partial charge in [-0.2, -0.15) is 0 Å². The third kappa shape index (κ3) is 3.59. The molecular formula is C17H33N3O. The molecule has 1 aliphatic carbocycles. The zero-order chi connectivity index (χ0) is 15.6. The van der Waals surface area contributed by atoms with E-state index in [-0.39, 0.29) is 11.9 Å². The number of carbonyl (C=O) groups is 1. The van der Waals surface area contributed by atoms with Crippen LogP contribution >= 0.6 is 0 Å².